The Morgan fingerprint density at radius 2 is 1.76 bits per heavy atom. The molecule has 1 aromatic carbocycles. The highest BCUT2D eigenvalue weighted by molar-refractivity contribution is 5.75. The molecule has 2 aromatic heterocycles. The molecular formula is C14H8F3N3O. The highest BCUT2D eigenvalue weighted by atomic mass is 19.4. The molecule has 106 valence electrons. The predicted molar refractivity (Wildman–Crippen MR) is 71.1 cm³/mol. The molecule has 4 nitrogen and oxygen atoms in total. The number of alkyl halides is 3. The molecule has 7 heteroatoms. The van der Waals surface area contributed by atoms with Crippen LogP contribution in [-0.4, -0.2) is 9.38 Å². The number of halogens is 3. The first-order chi connectivity index (χ1) is 10.0. The molecule has 0 saturated heterocycles. The predicted octanol–water partition coefficient (Wildman–Crippen LogP) is 4.42. The van der Waals surface area contributed by atoms with Gasteiger partial charge in [-0.25, -0.2) is 4.98 Å². The Balaban J connectivity index is 2.36. The molecule has 0 spiro atoms. The molecule has 0 atom stereocenters. The summed E-state index contributed by atoms with van der Waals surface area (Å²) in [5.74, 6) is -0.151. The van der Waals surface area contributed by atoms with Gasteiger partial charge in [-0.1, -0.05) is 30.3 Å². The zero-order valence-electron chi connectivity index (χ0n) is 10.5. The average Bonchev–Trinajstić information content (AvgIpc) is 2.85. The molecule has 0 radical (unpaired) electrons. The summed E-state index contributed by atoms with van der Waals surface area (Å²) in [5.41, 5.74) is -0.582. The van der Waals surface area contributed by atoms with Gasteiger partial charge in [-0.05, 0) is 17.3 Å². The largest absolute Gasteiger partial charge is 0.419 e. The highest BCUT2D eigenvalue weighted by Gasteiger charge is 2.34. The van der Waals surface area contributed by atoms with Gasteiger partial charge in [0.05, 0.1) is 5.56 Å². The van der Waals surface area contributed by atoms with Crippen LogP contribution in [0.2, 0.25) is 0 Å². The molecule has 0 amide bonds. The van der Waals surface area contributed by atoms with Crippen LogP contribution in [0.4, 0.5) is 19.0 Å². The molecule has 0 fully saturated rings. The molecule has 0 unspecified atom stereocenters. The number of hydrogen-bond acceptors (Lipinski definition) is 3. The fourth-order valence-corrected chi connectivity index (χ4v) is 2.15. The number of aromatic nitrogens is 2. The van der Waals surface area contributed by atoms with Crippen LogP contribution >= 0.6 is 0 Å². The summed E-state index contributed by atoms with van der Waals surface area (Å²) < 4.78 is 40.1. The van der Waals surface area contributed by atoms with E-state index < -0.39 is 11.7 Å². The summed E-state index contributed by atoms with van der Waals surface area (Å²) in [6.07, 6.45) is -3.22. The van der Waals surface area contributed by atoms with Crippen molar-refractivity contribution < 1.29 is 13.2 Å². The van der Waals surface area contributed by atoms with Crippen LogP contribution in [0.3, 0.4) is 0 Å². The van der Waals surface area contributed by atoms with Crippen molar-refractivity contribution in [2.24, 2.45) is 5.18 Å². The molecule has 3 rings (SSSR count). The van der Waals surface area contributed by atoms with Crippen molar-refractivity contribution in [1.82, 2.24) is 9.38 Å². The third-order valence-electron chi connectivity index (χ3n) is 3.06. The lowest BCUT2D eigenvalue weighted by Gasteiger charge is -2.07. The van der Waals surface area contributed by atoms with E-state index in [1.807, 2.05) is 0 Å². The minimum absolute atomic E-state index is 0.127. The number of hydrogen-bond donors (Lipinski definition) is 0. The second-order valence-electron chi connectivity index (χ2n) is 4.35. The summed E-state index contributed by atoms with van der Waals surface area (Å²) in [7, 11) is 0. The van der Waals surface area contributed by atoms with Crippen molar-refractivity contribution in [3.63, 3.8) is 0 Å². The van der Waals surface area contributed by atoms with E-state index in [4.69, 9.17) is 0 Å². The molecule has 0 aliphatic heterocycles. The van der Waals surface area contributed by atoms with E-state index in [9.17, 15) is 18.1 Å². The first-order valence-electron chi connectivity index (χ1n) is 5.99. The number of fused-ring (bicyclic) bond motifs is 1. The van der Waals surface area contributed by atoms with Crippen LogP contribution < -0.4 is 0 Å². The molecule has 21 heavy (non-hydrogen) atoms. The van der Waals surface area contributed by atoms with Crippen molar-refractivity contribution in [3.05, 3.63) is 59.1 Å². The van der Waals surface area contributed by atoms with E-state index in [0.717, 1.165) is 10.5 Å². The van der Waals surface area contributed by atoms with Gasteiger partial charge in [-0.15, -0.1) is 4.91 Å². The van der Waals surface area contributed by atoms with Crippen LogP contribution in [0.5, 0.6) is 0 Å². The van der Waals surface area contributed by atoms with E-state index >= 15 is 0 Å². The third kappa shape index (κ3) is 2.16. The van der Waals surface area contributed by atoms with E-state index in [0.29, 0.717) is 5.56 Å². The minimum atomic E-state index is -4.55. The number of rotatable bonds is 2. The van der Waals surface area contributed by atoms with Gasteiger partial charge in [0.15, 0.2) is 5.65 Å². The number of nitroso groups, excluding NO2 is 1. The highest BCUT2D eigenvalue weighted by Crippen LogP contribution is 2.37. The van der Waals surface area contributed by atoms with Gasteiger partial charge in [0.2, 0.25) is 5.82 Å². The molecule has 0 aliphatic rings. The summed E-state index contributed by atoms with van der Waals surface area (Å²) in [4.78, 5) is 15.0. The fourth-order valence-electron chi connectivity index (χ4n) is 2.15. The molecule has 0 saturated carbocycles. The van der Waals surface area contributed by atoms with Gasteiger partial charge >= 0.3 is 6.18 Å². The minimum Gasteiger partial charge on any atom is -0.281 e. The summed E-state index contributed by atoms with van der Waals surface area (Å²) in [6.45, 7) is 0. The number of pyridine rings is 1. The van der Waals surface area contributed by atoms with Crippen molar-refractivity contribution in [1.29, 1.82) is 0 Å². The maximum absolute atomic E-state index is 13.0. The maximum Gasteiger partial charge on any atom is 0.419 e. The van der Waals surface area contributed by atoms with E-state index in [-0.39, 0.29) is 17.2 Å². The molecule has 0 bridgehead atoms. The number of imidazole rings is 1. The molecule has 0 N–H and O–H groups in total. The Morgan fingerprint density at radius 3 is 2.38 bits per heavy atom. The third-order valence-corrected chi connectivity index (χ3v) is 3.06. The van der Waals surface area contributed by atoms with Crippen molar-refractivity contribution in [2.75, 3.05) is 0 Å². The lowest BCUT2D eigenvalue weighted by Crippen LogP contribution is -2.07. The Morgan fingerprint density at radius 1 is 1.05 bits per heavy atom. The Labute approximate surface area is 116 Å². The molecule has 3 aromatic rings. The standard InChI is InChI=1S/C14H8F3N3O/c15-14(16,17)10-7-4-8-20-12(10)18-11(13(20)19-21)9-5-2-1-3-6-9/h1-8H. The van der Waals surface area contributed by atoms with Gasteiger partial charge in [0, 0.05) is 11.8 Å². The zero-order valence-corrected chi connectivity index (χ0v) is 10.5. The van der Waals surface area contributed by atoms with Crippen LogP contribution in [0.15, 0.2) is 53.8 Å². The second-order valence-corrected chi connectivity index (χ2v) is 4.35. The van der Waals surface area contributed by atoms with Gasteiger partial charge in [-0.2, -0.15) is 13.2 Å². The zero-order chi connectivity index (χ0) is 15.0. The van der Waals surface area contributed by atoms with Crippen molar-refractivity contribution >= 4 is 11.5 Å². The Kier molecular flexibility index (Phi) is 2.97. The lowest BCUT2D eigenvalue weighted by atomic mass is 10.1. The van der Waals surface area contributed by atoms with Crippen LogP contribution in [0, 0.1) is 4.91 Å². The first kappa shape index (κ1) is 13.3. The molecular weight excluding hydrogens is 283 g/mol. The summed E-state index contributed by atoms with van der Waals surface area (Å²) in [5, 5.41) is 2.84. The SMILES string of the molecule is O=Nc1c(-c2ccccc2)nc2c(C(F)(F)F)cccn12. The van der Waals surface area contributed by atoms with Crippen molar-refractivity contribution in [2.45, 2.75) is 6.18 Å². The normalized spacial score (nSPS) is 11.8. The maximum atomic E-state index is 13.0. The summed E-state index contributed by atoms with van der Waals surface area (Å²) in [6, 6.07) is 10.6. The topological polar surface area (TPSA) is 46.7 Å². The van der Waals surface area contributed by atoms with Gasteiger partial charge in [-0.3, -0.25) is 4.40 Å². The lowest BCUT2D eigenvalue weighted by molar-refractivity contribution is -0.136. The Hall–Kier alpha value is -2.70. The van der Waals surface area contributed by atoms with Gasteiger partial charge < -0.3 is 0 Å². The van der Waals surface area contributed by atoms with E-state index in [1.165, 1.54) is 12.3 Å². The van der Waals surface area contributed by atoms with Gasteiger partial charge in [0.25, 0.3) is 0 Å². The first-order valence-corrected chi connectivity index (χ1v) is 5.99. The fraction of sp³-hybridized carbons (Fsp3) is 0.0714. The van der Waals surface area contributed by atoms with Crippen molar-refractivity contribution in [3.8, 4) is 11.3 Å². The average molecular weight is 291 g/mol. The quantitative estimate of drug-likeness (QED) is 0.656. The summed E-state index contributed by atoms with van der Waals surface area (Å²) >= 11 is 0. The number of benzene rings is 1. The molecule has 2 heterocycles. The van der Waals surface area contributed by atoms with E-state index in [1.54, 1.807) is 30.3 Å². The van der Waals surface area contributed by atoms with Crippen LogP contribution in [0.25, 0.3) is 16.9 Å². The number of nitrogens with zero attached hydrogens (tertiary/aromatic N) is 3. The van der Waals surface area contributed by atoms with Crippen LogP contribution in [-0.2, 0) is 6.18 Å². The monoisotopic (exact) mass is 291 g/mol. The second kappa shape index (κ2) is 4.69. The Bertz CT molecular complexity index is 809. The van der Waals surface area contributed by atoms with E-state index in [2.05, 4.69) is 10.2 Å². The van der Waals surface area contributed by atoms with Crippen LogP contribution in [0.1, 0.15) is 5.56 Å². The van der Waals surface area contributed by atoms with Gasteiger partial charge in [0.1, 0.15) is 5.69 Å². The molecule has 0 aliphatic carbocycles. The smallest absolute Gasteiger partial charge is 0.281 e.